The molecule has 0 saturated carbocycles. The third-order valence-electron chi connectivity index (χ3n) is 4.64. The molecule has 6 heteroatoms. The molecular formula is C21H28ClN3O2. The standard InChI is InChI=1S/C21H27N3O2.ClH/c25-21-10-2-1-5-13-24(21)14-12-23-16-19-8-3-4-9-20(19)26-17-18-7-6-11-22-15-18;/h3-4,6-9,11,15,23H,1-2,5,10,12-14,16-17H2;1H. The number of carbonyl (C=O) groups excluding carboxylic acids is 1. The highest BCUT2D eigenvalue weighted by Gasteiger charge is 2.15. The molecule has 0 bridgehead atoms. The Hall–Kier alpha value is -2.11. The lowest BCUT2D eigenvalue weighted by molar-refractivity contribution is -0.130. The molecule has 1 aromatic heterocycles. The monoisotopic (exact) mass is 389 g/mol. The van der Waals surface area contributed by atoms with Crippen LogP contribution in [0.1, 0.15) is 36.8 Å². The van der Waals surface area contributed by atoms with E-state index in [-0.39, 0.29) is 12.4 Å². The van der Waals surface area contributed by atoms with E-state index in [1.165, 1.54) is 0 Å². The summed E-state index contributed by atoms with van der Waals surface area (Å²) in [5.74, 6) is 1.18. The van der Waals surface area contributed by atoms with Gasteiger partial charge >= 0.3 is 0 Å². The molecule has 0 atom stereocenters. The van der Waals surface area contributed by atoms with E-state index >= 15 is 0 Å². The van der Waals surface area contributed by atoms with Crippen molar-refractivity contribution in [1.29, 1.82) is 0 Å². The lowest BCUT2D eigenvalue weighted by atomic mass is 10.2. The summed E-state index contributed by atoms with van der Waals surface area (Å²) < 4.78 is 5.96. The first-order valence-corrected chi connectivity index (χ1v) is 9.41. The predicted molar refractivity (Wildman–Crippen MR) is 109 cm³/mol. The Labute approximate surface area is 167 Å². The van der Waals surface area contributed by atoms with Crippen LogP contribution in [0, 0.1) is 0 Å². The molecule has 0 unspecified atom stereocenters. The van der Waals surface area contributed by atoms with Crippen molar-refractivity contribution in [2.24, 2.45) is 0 Å². The summed E-state index contributed by atoms with van der Waals surface area (Å²) >= 11 is 0. The van der Waals surface area contributed by atoms with Gasteiger partial charge in [0.25, 0.3) is 0 Å². The Bertz CT molecular complexity index is 697. The van der Waals surface area contributed by atoms with Crippen LogP contribution >= 0.6 is 12.4 Å². The molecule has 27 heavy (non-hydrogen) atoms. The average molecular weight is 390 g/mol. The van der Waals surface area contributed by atoms with Crippen LogP contribution in [0.5, 0.6) is 5.75 Å². The Morgan fingerprint density at radius 3 is 2.85 bits per heavy atom. The fraction of sp³-hybridized carbons (Fsp3) is 0.429. The summed E-state index contributed by atoms with van der Waals surface area (Å²) in [6.07, 6.45) is 7.60. The zero-order valence-electron chi connectivity index (χ0n) is 15.6. The van der Waals surface area contributed by atoms with Crippen LogP contribution in [0.4, 0.5) is 0 Å². The highest BCUT2D eigenvalue weighted by atomic mass is 35.5. The minimum absolute atomic E-state index is 0. The van der Waals surface area contributed by atoms with E-state index in [0.717, 1.165) is 62.3 Å². The van der Waals surface area contributed by atoms with Gasteiger partial charge < -0.3 is 15.0 Å². The SMILES string of the molecule is Cl.O=C1CCCCCN1CCNCc1ccccc1OCc1cccnc1. The minimum atomic E-state index is 0. The zero-order chi connectivity index (χ0) is 18.0. The van der Waals surface area contributed by atoms with Crippen molar-refractivity contribution in [3.63, 3.8) is 0 Å². The highest BCUT2D eigenvalue weighted by molar-refractivity contribution is 5.85. The van der Waals surface area contributed by atoms with Gasteiger partial charge in [-0.15, -0.1) is 12.4 Å². The second-order valence-corrected chi connectivity index (χ2v) is 6.63. The maximum absolute atomic E-state index is 12.0. The molecule has 1 N–H and O–H groups in total. The summed E-state index contributed by atoms with van der Waals surface area (Å²) in [6, 6.07) is 12.0. The first-order chi connectivity index (χ1) is 12.8. The number of likely N-dealkylation sites (tertiary alicyclic amines) is 1. The van der Waals surface area contributed by atoms with Gasteiger partial charge in [0.15, 0.2) is 0 Å². The van der Waals surface area contributed by atoms with Crippen LogP contribution < -0.4 is 10.1 Å². The van der Waals surface area contributed by atoms with Crippen LogP contribution in [0.2, 0.25) is 0 Å². The Balaban J connectivity index is 0.00000261. The number of ether oxygens (including phenoxy) is 1. The van der Waals surface area contributed by atoms with Crippen LogP contribution in [0.15, 0.2) is 48.8 Å². The minimum Gasteiger partial charge on any atom is -0.489 e. The molecule has 1 aliphatic heterocycles. The summed E-state index contributed by atoms with van der Waals surface area (Å²) in [4.78, 5) is 18.1. The number of benzene rings is 1. The molecule has 2 aromatic rings. The Morgan fingerprint density at radius 2 is 2.00 bits per heavy atom. The zero-order valence-corrected chi connectivity index (χ0v) is 16.4. The third-order valence-corrected chi connectivity index (χ3v) is 4.64. The van der Waals surface area contributed by atoms with Gasteiger partial charge in [-0.25, -0.2) is 0 Å². The van der Waals surface area contributed by atoms with Gasteiger partial charge in [0, 0.05) is 56.1 Å². The van der Waals surface area contributed by atoms with Crippen molar-refractivity contribution in [2.45, 2.75) is 38.8 Å². The lowest BCUT2D eigenvalue weighted by Crippen LogP contribution is -2.36. The molecule has 146 valence electrons. The second-order valence-electron chi connectivity index (χ2n) is 6.63. The first-order valence-electron chi connectivity index (χ1n) is 9.41. The van der Waals surface area contributed by atoms with E-state index in [9.17, 15) is 4.79 Å². The van der Waals surface area contributed by atoms with Gasteiger partial charge in [-0.05, 0) is 25.0 Å². The quantitative estimate of drug-likeness (QED) is 0.701. The molecular weight excluding hydrogens is 362 g/mol. The number of carbonyl (C=O) groups is 1. The number of amides is 1. The van der Waals surface area contributed by atoms with E-state index in [2.05, 4.69) is 16.4 Å². The van der Waals surface area contributed by atoms with Crippen LogP contribution in [0.25, 0.3) is 0 Å². The maximum Gasteiger partial charge on any atom is 0.222 e. The largest absolute Gasteiger partial charge is 0.489 e. The Morgan fingerprint density at radius 1 is 1.11 bits per heavy atom. The number of aromatic nitrogens is 1. The van der Waals surface area contributed by atoms with Gasteiger partial charge in [-0.1, -0.05) is 30.7 Å². The summed E-state index contributed by atoms with van der Waals surface area (Å²) in [6.45, 7) is 3.70. The molecule has 1 saturated heterocycles. The summed E-state index contributed by atoms with van der Waals surface area (Å²) in [5.41, 5.74) is 2.17. The molecule has 0 spiro atoms. The maximum atomic E-state index is 12.0. The molecule has 1 amide bonds. The van der Waals surface area contributed by atoms with E-state index in [0.29, 0.717) is 18.9 Å². The molecule has 5 nitrogen and oxygen atoms in total. The van der Waals surface area contributed by atoms with Crippen molar-refractivity contribution >= 4 is 18.3 Å². The fourth-order valence-corrected chi connectivity index (χ4v) is 3.15. The molecule has 1 aliphatic rings. The van der Waals surface area contributed by atoms with Gasteiger partial charge in [0.05, 0.1) is 0 Å². The molecule has 0 radical (unpaired) electrons. The van der Waals surface area contributed by atoms with Crippen molar-refractivity contribution in [2.75, 3.05) is 19.6 Å². The highest BCUT2D eigenvalue weighted by Crippen LogP contribution is 2.19. The van der Waals surface area contributed by atoms with Crippen molar-refractivity contribution in [3.8, 4) is 5.75 Å². The molecule has 0 aliphatic carbocycles. The number of nitrogens with zero attached hydrogens (tertiary/aromatic N) is 2. The van der Waals surface area contributed by atoms with Gasteiger partial charge in [0.1, 0.15) is 12.4 Å². The number of hydrogen-bond donors (Lipinski definition) is 1. The molecule has 2 heterocycles. The topological polar surface area (TPSA) is 54.5 Å². The van der Waals surface area contributed by atoms with E-state index in [4.69, 9.17) is 4.74 Å². The fourth-order valence-electron chi connectivity index (χ4n) is 3.15. The second kappa shape index (κ2) is 11.6. The molecule has 1 fully saturated rings. The van der Waals surface area contributed by atoms with Gasteiger partial charge in [0.2, 0.25) is 5.91 Å². The number of para-hydroxylation sites is 1. The Kier molecular flexibility index (Phi) is 9.08. The summed E-state index contributed by atoms with van der Waals surface area (Å²) in [7, 11) is 0. The smallest absolute Gasteiger partial charge is 0.222 e. The number of nitrogens with one attached hydrogen (secondary N) is 1. The number of hydrogen-bond acceptors (Lipinski definition) is 4. The number of rotatable bonds is 8. The van der Waals surface area contributed by atoms with Crippen LogP contribution in [-0.2, 0) is 17.9 Å². The number of pyridine rings is 1. The summed E-state index contributed by atoms with van der Waals surface area (Å²) in [5, 5.41) is 3.44. The van der Waals surface area contributed by atoms with E-state index in [1.54, 1.807) is 6.20 Å². The third kappa shape index (κ3) is 6.85. The first kappa shape index (κ1) is 21.2. The average Bonchev–Trinajstić information content (AvgIpc) is 2.89. The van der Waals surface area contributed by atoms with Crippen molar-refractivity contribution in [1.82, 2.24) is 15.2 Å². The number of halogens is 1. The van der Waals surface area contributed by atoms with Gasteiger partial charge in [-0.3, -0.25) is 9.78 Å². The predicted octanol–water partition coefficient (Wildman–Crippen LogP) is 3.57. The van der Waals surface area contributed by atoms with Gasteiger partial charge in [-0.2, -0.15) is 0 Å². The van der Waals surface area contributed by atoms with Crippen LogP contribution in [0.3, 0.4) is 0 Å². The van der Waals surface area contributed by atoms with E-state index < -0.39 is 0 Å². The van der Waals surface area contributed by atoms with E-state index in [1.807, 2.05) is 41.4 Å². The molecule has 3 rings (SSSR count). The lowest BCUT2D eigenvalue weighted by Gasteiger charge is -2.20. The van der Waals surface area contributed by atoms with Crippen molar-refractivity contribution < 1.29 is 9.53 Å². The van der Waals surface area contributed by atoms with Crippen molar-refractivity contribution in [3.05, 3.63) is 59.9 Å². The molecule has 1 aromatic carbocycles. The van der Waals surface area contributed by atoms with Crippen LogP contribution in [-0.4, -0.2) is 35.4 Å². The normalized spacial score (nSPS) is 14.4.